The fourth-order valence-electron chi connectivity index (χ4n) is 4.77. The fourth-order valence-corrected chi connectivity index (χ4v) is 4.77. The van der Waals surface area contributed by atoms with Gasteiger partial charge in [-0.2, -0.15) is 0 Å². The van der Waals surface area contributed by atoms with Gasteiger partial charge in [0.05, 0.1) is 18.5 Å². The standard InChI is InChI=1S/C26H31N3O3/c1-15-6-5-7-20(12-15)16(2)27-25-22-13-21(18-8-10-19(11-9-18)26(30)31)24(32-4)14-23(22)28-17(3)29-25/h5-7,12-14,16,18-19H,8-11H2,1-4H3,(H,30,31)(H,27,28,29). The SMILES string of the molecule is COc1cc2nc(C)nc(NC(C)c3cccc(C)c3)c2cc1C1CCC(C(=O)O)CC1. The summed E-state index contributed by atoms with van der Waals surface area (Å²) in [6, 6.07) is 12.7. The summed E-state index contributed by atoms with van der Waals surface area (Å²) >= 11 is 0. The largest absolute Gasteiger partial charge is 0.496 e. The van der Waals surface area contributed by atoms with Crippen molar-refractivity contribution >= 4 is 22.7 Å². The molecule has 0 amide bonds. The number of hydrogen-bond donors (Lipinski definition) is 2. The van der Waals surface area contributed by atoms with Crippen molar-refractivity contribution < 1.29 is 14.6 Å². The number of rotatable bonds is 6. The molecule has 0 spiro atoms. The Morgan fingerprint density at radius 3 is 2.53 bits per heavy atom. The summed E-state index contributed by atoms with van der Waals surface area (Å²) in [6.45, 7) is 6.13. The number of methoxy groups -OCH3 is 1. The van der Waals surface area contributed by atoms with Crippen LogP contribution in [0.5, 0.6) is 5.75 Å². The zero-order valence-corrected chi connectivity index (χ0v) is 19.2. The Balaban J connectivity index is 1.70. The summed E-state index contributed by atoms with van der Waals surface area (Å²) in [5.74, 6) is 1.67. The number of carboxylic acid groups (broad SMARTS) is 1. The zero-order valence-electron chi connectivity index (χ0n) is 19.2. The second kappa shape index (κ2) is 9.15. The molecular formula is C26H31N3O3. The van der Waals surface area contributed by atoms with Gasteiger partial charge in [-0.25, -0.2) is 9.97 Å². The van der Waals surface area contributed by atoms with Gasteiger partial charge in [0.1, 0.15) is 17.4 Å². The molecule has 0 aliphatic heterocycles. The highest BCUT2D eigenvalue weighted by Gasteiger charge is 2.29. The number of carbonyl (C=O) groups is 1. The van der Waals surface area contributed by atoms with E-state index in [0.29, 0.717) is 18.7 Å². The highest BCUT2D eigenvalue weighted by Crippen LogP contribution is 2.42. The van der Waals surface area contributed by atoms with E-state index in [2.05, 4.69) is 54.5 Å². The molecule has 4 rings (SSSR count). The number of carboxylic acids is 1. The van der Waals surface area contributed by atoms with Crippen molar-refractivity contribution in [3.63, 3.8) is 0 Å². The van der Waals surface area contributed by atoms with Crippen LogP contribution in [0.15, 0.2) is 36.4 Å². The number of hydrogen-bond acceptors (Lipinski definition) is 5. The number of ether oxygens (including phenoxy) is 1. The molecule has 1 aromatic heterocycles. The van der Waals surface area contributed by atoms with E-state index >= 15 is 0 Å². The van der Waals surface area contributed by atoms with Gasteiger partial charge in [-0.05, 0) is 69.6 Å². The van der Waals surface area contributed by atoms with Crippen LogP contribution >= 0.6 is 0 Å². The van der Waals surface area contributed by atoms with Gasteiger partial charge in [-0.15, -0.1) is 0 Å². The van der Waals surface area contributed by atoms with Crippen molar-refractivity contribution in [1.29, 1.82) is 0 Å². The first-order valence-electron chi connectivity index (χ1n) is 11.3. The molecule has 1 heterocycles. The average molecular weight is 434 g/mol. The normalized spacial score (nSPS) is 19.5. The molecular weight excluding hydrogens is 402 g/mol. The Morgan fingerprint density at radius 1 is 1.12 bits per heavy atom. The lowest BCUT2D eigenvalue weighted by molar-refractivity contribution is -0.142. The second-order valence-corrected chi connectivity index (χ2v) is 8.90. The third kappa shape index (κ3) is 4.54. The molecule has 0 bridgehead atoms. The van der Waals surface area contributed by atoms with E-state index in [1.165, 1.54) is 11.1 Å². The Labute approximate surface area is 189 Å². The van der Waals surface area contributed by atoms with Gasteiger partial charge >= 0.3 is 5.97 Å². The van der Waals surface area contributed by atoms with Gasteiger partial charge in [0.25, 0.3) is 0 Å². The lowest BCUT2D eigenvalue weighted by atomic mass is 9.78. The van der Waals surface area contributed by atoms with Gasteiger partial charge in [0.2, 0.25) is 0 Å². The van der Waals surface area contributed by atoms with E-state index in [4.69, 9.17) is 9.72 Å². The number of fused-ring (bicyclic) bond motifs is 1. The van der Waals surface area contributed by atoms with Gasteiger partial charge in [0.15, 0.2) is 0 Å². The first-order chi connectivity index (χ1) is 15.4. The topological polar surface area (TPSA) is 84.3 Å². The summed E-state index contributed by atoms with van der Waals surface area (Å²) in [6.07, 6.45) is 3.07. The number of aromatic nitrogens is 2. The van der Waals surface area contributed by atoms with Crippen LogP contribution in [0.4, 0.5) is 5.82 Å². The van der Waals surface area contributed by atoms with E-state index in [1.807, 2.05) is 13.0 Å². The van der Waals surface area contributed by atoms with Crippen LogP contribution in [0.2, 0.25) is 0 Å². The van der Waals surface area contributed by atoms with Gasteiger partial charge < -0.3 is 15.2 Å². The predicted molar refractivity (Wildman–Crippen MR) is 126 cm³/mol. The third-order valence-corrected chi connectivity index (χ3v) is 6.57. The molecule has 2 N–H and O–H groups in total. The quantitative estimate of drug-likeness (QED) is 0.512. The molecule has 1 aliphatic carbocycles. The minimum Gasteiger partial charge on any atom is -0.496 e. The summed E-state index contributed by atoms with van der Waals surface area (Å²) < 4.78 is 5.73. The molecule has 32 heavy (non-hydrogen) atoms. The maximum atomic E-state index is 11.4. The number of anilines is 1. The van der Waals surface area contributed by atoms with Crippen molar-refractivity contribution in [2.24, 2.45) is 5.92 Å². The van der Waals surface area contributed by atoms with Crippen molar-refractivity contribution in [1.82, 2.24) is 9.97 Å². The third-order valence-electron chi connectivity index (χ3n) is 6.57. The maximum absolute atomic E-state index is 11.4. The fraction of sp³-hybridized carbons (Fsp3) is 0.423. The molecule has 1 saturated carbocycles. The van der Waals surface area contributed by atoms with Crippen molar-refractivity contribution in [2.45, 2.75) is 58.4 Å². The zero-order chi connectivity index (χ0) is 22.8. The van der Waals surface area contributed by atoms with Crippen LogP contribution in [-0.2, 0) is 4.79 Å². The smallest absolute Gasteiger partial charge is 0.306 e. The average Bonchev–Trinajstić information content (AvgIpc) is 2.78. The Kier molecular flexibility index (Phi) is 6.31. The number of nitrogens with one attached hydrogen (secondary N) is 1. The molecule has 168 valence electrons. The molecule has 1 fully saturated rings. The lowest BCUT2D eigenvalue weighted by Crippen LogP contribution is -2.20. The molecule has 6 heteroatoms. The number of aliphatic carboxylic acids is 1. The Morgan fingerprint density at radius 2 is 1.88 bits per heavy atom. The van der Waals surface area contributed by atoms with E-state index in [9.17, 15) is 9.90 Å². The summed E-state index contributed by atoms with van der Waals surface area (Å²) in [5, 5.41) is 13.9. The van der Waals surface area contributed by atoms with Gasteiger partial charge in [-0.3, -0.25) is 4.79 Å². The van der Waals surface area contributed by atoms with Gasteiger partial charge in [-0.1, -0.05) is 29.8 Å². The number of nitrogens with zero attached hydrogens (tertiary/aromatic N) is 2. The van der Waals surface area contributed by atoms with Crippen molar-refractivity contribution in [3.8, 4) is 5.75 Å². The second-order valence-electron chi connectivity index (χ2n) is 8.90. The lowest BCUT2D eigenvalue weighted by Gasteiger charge is -2.28. The molecule has 1 atom stereocenters. The first kappa shape index (κ1) is 22.1. The number of aryl methyl sites for hydroxylation is 2. The van der Waals surface area contributed by atoms with Crippen LogP contribution in [0.1, 0.15) is 67.1 Å². The molecule has 1 aliphatic rings. The Hall–Kier alpha value is -3.15. The van der Waals surface area contributed by atoms with Crippen molar-refractivity contribution in [2.75, 3.05) is 12.4 Å². The van der Waals surface area contributed by atoms with Crippen molar-refractivity contribution in [3.05, 3.63) is 58.9 Å². The minimum absolute atomic E-state index is 0.0870. The molecule has 1 unspecified atom stereocenters. The van der Waals surface area contributed by atoms with E-state index < -0.39 is 5.97 Å². The molecule has 6 nitrogen and oxygen atoms in total. The van der Waals surface area contributed by atoms with E-state index in [1.54, 1.807) is 7.11 Å². The first-order valence-corrected chi connectivity index (χ1v) is 11.3. The van der Waals surface area contributed by atoms with Crippen LogP contribution in [-0.4, -0.2) is 28.2 Å². The van der Waals surface area contributed by atoms with Crippen LogP contribution < -0.4 is 10.1 Å². The van der Waals surface area contributed by atoms with Crippen LogP contribution in [0.3, 0.4) is 0 Å². The summed E-state index contributed by atoms with van der Waals surface area (Å²) in [5.41, 5.74) is 4.39. The van der Waals surface area contributed by atoms with Crippen LogP contribution in [0.25, 0.3) is 10.9 Å². The molecule has 2 aromatic carbocycles. The summed E-state index contributed by atoms with van der Waals surface area (Å²) in [7, 11) is 1.68. The van der Waals surface area contributed by atoms with E-state index in [0.717, 1.165) is 40.9 Å². The van der Waals surface area contributed by atoms with Crippen LogP contribution in [0, 0.1) is 19.8 Å². The molecule has 0 radical (unpaired) electrons. The predicted octanol–water partition coefficient (Wildman–Crippen LogP) is 5.79. The maximum Gasteiger partial charge on any atom is 0.306 e. The molecule has 0 saturated heterocycles. The minimum atomic E-state index is -0.686. The van der Waals surface area contributed by atoms with Gasteiger partial charge in [0, 0.05) is 17.5 Å². The summed E-state index contributed by atoms with van der Waals surface area (Å²) in [4.78, 5) is 20.7. The monoisotopic (exact) mass is 433 g/mol. The highest BCUT2D eigenvalue weighted by atomic mass is 16.5. The van der Waals surface area contributed by atoms with E-state index in [-0.39, 0.29) is 17.9 Å². The highest BCUT2D eigenvalue weighted by molar-refractivity contribution is 5.91. The number of benzene rings is 2. The molecule has 3 aromatic rings. The Bertz CT molecular complexity index is 1140.